The van der Waals surface area contributed by atoms with Crippen LogP contribution in [0.5, 0.6) is 0 Å². The fourth-order valence-corrected chi connectivity index (χ4v) is 4.10. The van der Waals surface area contributed by atoms with E-state index in [2.05, 4.69) is 21.3 Å². The summed E-state index contributed by atoms with van der Waals surface area (Å²) < 4.78 is 9.93. The van der Waals surface area contributed by atoms with Crippen LogP contribution in [-0.2, 0) is 39.9 Å². The van der Waals surface area contributed by atoms with E-state index in [-0.39, 0.29) is 37.5 Å². The van der Waals surface area contributed by atoms with E-state index < -0.39 is 41.8 Å². The van der Waals surface area contributed by atoms with E-state index in [1.54, 1.807) is 24.3 Å². The van der Waals surface area contributed by atoms with Crippen molar-refractivity contribution in [1.82, 2.24) is 21.3 Å². The number of rotatable bonds is 17. The summed E-state index contributed by atoms with van der Waals surface area (Å²) in [6.07, 6.45) is 2.53. The number of amides is 4. The zero-order chi connectivity index (χ0) is 30.9. The molecule has 0 bridgehead atoms. The molecule has 0 unspecified atom stereocenters. The van der Waals surface area contributed by atoms with Crippen molar-refractivity contribution in [2.24, 2.45) is 5.92 Å². The fraction of sp³-hybridized carbons (Fsp3) is 0.387. The molecule has 0 fully saturated rings. The Morgan fingerprint density at radius 1 is 0.833 bits per heavy atom. The number of hydrogen-bond donors (Lipinski definition) is 4. The number of esters is 1. The summed E-state index contributed by atoms with van der Waals surface area (Å²) >= 11 is 0. The minimum absolute atomic E-state index is 0.00228. The predicted octanol–water partition coefficient (Wildman–Crippen LogP) is 1.73. The van der Waals surface area contributed by atoms with Crippen LogP contribution >= 0.6 is 0 Å². The highest BCUT2D eigenvalue weighted by atomic mass is 16.5. The number of carbonyl (C=O) groups excluding carboxylic acids is 5. The molecule has 0 spiro atoms. The number of hydrogen-bond acceptors (Lipinski definition) is 7. The largest absolute Gasteiger partial charge is 0.467 e. The van der Waals surface area contributed by atoms with Crippen molar-refractivity contribution in [1.29, 1.82) is 0 Å². The van der Waals surface area contributed by atoms with Crippen molar-refractivity contribution in [2.45, 2.75) is 51.2 Å². The third-order valence-corrected chi connectivity index (χ3v) is 6.22. The second kappa shape index (κ2) is 18.0. The van der Waals surface area contributed by atoms with E-state index in [9.17, 15) is 24.0 Å². The number of carbonyl (C=O) groups is 5. The van der Waals surface area contributed by atoms with Crippen LogP contribution < -0.4 is 21.3 Å². The Kier molecular flexibility index (Phi) is 14.5. The maximum Gasteiger partial charge on any atom is 0.328 e. The van der Waals surface area contributed by atoms with E-state index in [1.807, 2.05) is 50.2 Å². The van der Waals surface area contributed by atoms with Gasteiger partial charge < -0.3 is 30.7 Å². The normalized spacial score (nSPS) is 13.3. The molecule has 4 amide bonds. The van der Waals surface area contributed by atoms with Crippen LogP contribution in [-0.4, -0.2) is 69.1 Å². The third kappa shape index (κ3) is 11.5. The predicted molar refractivity (Wildman–Crippen MR) is 158 cm³/mol. The summed E-state index contributed by atoms with van der Waals surface area (Å²) in [4.78, 5) is 63.6. The highest BCUT2D eigenvalue weighted by Gasteiger charge is 2.29. The second-order valence-corrected chi connectivity index (χ2v) is 10.0. The Balaban J connectivity index is 2.33. The highest BCUT2D eigenvalue weighted by molar-refractivity contribution is 6.04. The van der Waals surface area contributed by atoms with Gasteiger partial charge in [0, 0.05) is 20.1 Å². The zero-order valence-corrected chi connectivity index (χ0v) is 24.4. The Hall–Kier alpha value is -4.51. The molecule has 11 nitrogen and oxygen atoms in total. The summed E-state index contributed by atoms with van der Waals surface area (Å²) in [5.41, 5.74) is 1.30. The van der Waals surface area contributed by atoms with Gasteiger partial charge in [0.05, 0.1) is 7.11 Å². The van der Waals surface area contributed by atoms with E-state index in [1.165, 1.54) is 20.3 Å². The van der Waals surface area contributed by atoms with Gasteiger partial charge in [0.15, 0.2) is 0 Å². The van der Waals surface area contributed by atoms with Crippen LogP contribution in [0, 0.1) is 5.92 Å². The molecule has 226 valence electrons. The number of nitrogens with one attached hydrogen (secondary N) is 4. The maximum atomic E-state index is 13.5. The molecular formula is C31H40N4O7. The van der Waals surface area contributed by atoms with Gasteiger partial charge in [-0.3, -0.25) is 19.2 Å². The van der Waals surface area contributed by atoms with E-state index in [0.717, 1.165) is 5.56 Å². The number of ether oxygens (including phenoxy) is 2. The lowest BCUT2D eigenvalue weighted by atomic mass is 10.0. The first kappa shape index (κ1) is 33.7. The van der Waals surface area contributed by atoms with Gasteiger partial charge in [-0.05, 0) is 36.0 Å². The van der Waals surface area contributed by atoms with Crippen LogP contribution in [0.15, 0.2) is 66.4 Å². The Labute approximate surface area is 246 Å². The quantitative estimate of drug-likeness (QED) is 0.126. The van der Waals surface area contributed by atoms with Crippen molar-refractivity contribution >= 4 is 36.2 Å². The van der Waals surface area contributed by atoms with Crippen molar-refractivity contribution in [3.8, 4) is 0 Å². The molecule has 0 heterocycles. The van der Waals surface area contributed by atoms with Gasteiger partial charge >= 0.3 is 5.97 Å². The molecule has 2 aromatic carbocycles. The Morgan fingerprint density at radius 3 is 2.05 bits per heavy atom. The average Bonchev–Trinajstić information content (AvgIpc) is 2.98. The Morgan fingerprint density at radius 2 is 1.48 bits per heavy atom. The molecule has 0 saturated heterocycles. The Bertz CT molecular complexity index is 1200. The maximum absolute atomic E-state index is 13.5. The number of methoxy groups -OCH3 is 2. The number of benzene rings is 2. The first-order valence-corrected chi connectivity index (χ1v) is 13.7. The van der Waals surface area contributed by atoms with E-state index >= 15 is 0 Å². The lowest BCUT2D eigenvalue weighted by molar-refractivity contribution is -0.144. The molecule has 0 saturated carbocycles. The lowest BCUT2D eigenvalue weighted by Crippen LogP contribution is -2.54. The first-order valence-electron chi connectivity index (χ1n) is 13.7. The molecule has 0 aliphatic heterocycles. The summed E-state index contributed by atoms with van der Waals surface area (Å²) in [7, 11) is 2.70. The monoisotopic (exact) mass is 580 g/mol. The average molecular weight is 581 g/mol. The minimum Gasteiger partial charge on any atom is -0.467 e. The van der Waals surface area contributed by atoms with Crippen LogP contribution in [0.25, 0.3) is 6.08 Å². The van der Waals surface area contributed by atoms with Gasteiger partial charge in [-0.25, -0.2) is 4.79 Å². The fourth-order valence-electron chi connectivity index (χ4n) is 4.10. The van der Waals surface area contributed by atoms with E-state index in [0.29, 0.717) is 12.0 Å². The van der Waals surface area contributed by atoms with Gasteiger partial charge in [0.25, 0.3) is 5.91 Å². The van der Waals surface area contributed by atoms with Gasteiger partial charge in [-0.15, -0.1) is 0 Å². The molecular weight excluding hydrogens is 540 g/mol. The van der Waals surface area contributed by atoms with Crippen LogP contribution in [0.2, 0.25) is 0 Å². The third-order valence-electron chi connectivity index (χ3n) is 6.22. The zero-order valence-electron chi connectivity index (χ0n) is 24.4. The van der Waals surface area contributed by atoms with Gasteiger partial charge in [-0.2, -0.15) is 0 Å². The molecule has 4 N–H and O–H groups in total. The minimum atomic E-state index is -1.02. The molecule has 0 aliphatic rings. The smallest absolute Gasteiger partial charge is 0.328 e. The van der Waals surface area contributed by atoms with Crippen LogP contribution in [0.3, 0.4) is 0 Å². The molecule has 2 rings (SSSR count). The SMILES string of the molecule is COCC[C@H](NC=O)C(=O)N[C@@H](CC(C)C)C(=O)N/C(=C\c1ccccc1)C(=O)N[C@@H](Cc1ccccc1)C(=O)OC. The van der Waals surface area contributed by atoms with Crippen molar-refractivity contribution in [3.63, 3.8) is 0 Å². The van der Waals surface area contributed by atoms with E-state index in [4.69, 9.17) is 9.47 Å². The molecule has 11 heteroatoms. The lowest BCUT2D eigenvalue weighted by Gasteiger charge is -2.24. The highest BCUT2D eigenvalue weighted by Crippen LogP contribution is 2.11. The van der Waals surface area contributed by atoms with Crippen LogP contribution in [0.1, 0.15) is 37.8 Å². The van der Waals surface area contributed by atoms with Gasteiger partial charge in [-0.1, -0.05) is 74.5 Å². The summed E-state index contributed by atoms with van der Waals surface area (Å²) in [6, 6.07) is 15.0. The van der Waals surface area contributed by atoms with Crippen molar-refractivity contribution in [2.75, 3.05) is 20.8 Å². The van der Waals surface area contributed by atoms with Gasteiger partial charge in [0.1, 0.15) is 23.8 Å². The molecule has 0 aromatic heterocycles. The van der Waals surface area contributed by atoms with Crippen molar-refractivity contribution in [3.05, 3.63) is 77.5 Å². The van der Waals surface area contributed by atoms with Crippen LogP contribution in [0.4, 0.5) is 0 Å². The summed E-state index contributed by atoms with van der Waals surface area (Å²) in [6.45, 7) is 3.99. The molecule has 42 heavy (non-hydrogen) atoms. The molecule has 3 atom stereocenters. The van der Waals surface area contributed by atoms with Gasteiger partial charge in [0.2, 0.25) is 18.2 Å². The summed E-state index contributed by atoms with van der Waals surface area (Å²) in [5, 5.41) is 10.4. The first-order chi connectivity index (χ1) is 20.2. The summed E-state index contributed by atoms with van der Waals surface area (Å²) in [5.74, 6) is -2.56. The van der Waals surface area contributed by atoms with Crippen molar-refractivity contribution < 1.29 is 33.4 Å². The molecule has 2 aromatic rings. The standard InChI is InChI=1S/C31H40N4O7/c1-21(2)17-25(33-28(37)24(32-20-36)15-16-41-3)29(38)34-26(18-22-11-7-5-8-12-22)30(39)35-27(31(40)42-4)19-23-13-9-6-10-14-23/h5-14,18,20-21,24-25,27H,15-17,19H2,1-4H3,(H,32,36)(H,33,37)(H,34,38)(H,35,39)/b26-18-/t24-,25-,27-/m0/s1. The second-order valence-electron chi connectivity index (χ2n) is 10.0. The molecule has 0 aliphatic carbocycles. The topological polar surface area (TPSA) is 152 Å². The molecule has 0 radical (unpaired) electrons.